The molecule has 0 bridgehead atoms. The average molecular weight is 395 g/mol. The molecule has 0 radical (unpaired) electrons. The smallest absolute Gasteiger partial charge is 0.267 e. The quantitative estimate of drug-likeness (QED) is 0.673. The number of halogens is 1. The number of carbonyl (C=O) groups is 2. The standard InChI is InChI=1S/C21H18FN3O2S/c1-12-18(28-21(23-12)13-6-8-14(22)9-7-13)20(27)25-17-5-3-2-4-16(17)19(26)24-15-10-11-15/h2-9,15H,10-11H2,1H3,(H,24,26)(H,25,27). The highest BCUT2D eigenvalue weighted by Gasteiger charge is 2.25. The summed E-state index contributed by atoms with van der Waals surface area (Å²) in [4.78, 5) is 30.1. The summed E-state index contributed by atoms with van der Waals surface area (Å²) in [5.74, 6) is -0.836. The van der Waals surface area contributed by atoms with Crippen LogP contribution in [0.4, 0.5) is 10.1 Å². The van der Waals surface area contributed by atoms with Gasteiger partial charge < -0.3 is 10.6 Å². The van der Waals surface area contributed by atoms with Gasteiger partial charge in [-0.05, 0) is 56.2 Å². The molecule has 28 heavy (non-hydrogen) atoms. The Hall–Kier alpha value is -3.06. The van der Waals surface area contributed by atoms with Crippen LogP contribution in [-0.2, 0) is 0 Å². The topological polar surface area (TPSA) is 71.1 Å². The maximum absolute atomic E-state index is 13.1. The second-order valence-corrected chi connectivity index (χ2v) is 7.69. The molecule has 2 N–H and O–H groups in total. The summed E-state index contributed by atoms with van der Waals surface area (Å²) < 4.78 is 13.1. The first-order chi connectivity index (χ1) is 13.5. The number of amides is 2. The third-order valence-electron chi connectivity index (χ3n) is 4.43. The summed E-state index contributed by atoms with van der Waals surface area (Å²) in [5.41, 5.74) is 2.23. The van der Waals surface area contributed by atoms with Crippen molar-refractivity contribution in [1.29, 1.82) is 0 Å². The number of anilines is 1. The maximum atomic E-state index is 13.1. The van der Waals surface area contributed by atoms with E-state index in [1.807, 2.05) is 0 Å². The minimum atomic E-state index is -0.324. The molecule has 0 unspecified atom stereocenters. The molecule has 1 fully saturated rings. The first-order valence-electron chi connectivity index (χ1n) is 8.96. The zero-order valence-electron chi connectivity index (χ0n) is 15.2. The van der Waals surface area contributed by atoms with Gasteiger partial charge in [0.15, 0.2) is 0 Å². The molecule has 0 aliphatic heterocycles. The summed E-state index contributed by atoms with van der Waals surface area (Å²) in [7, 11) is 0. The van der Waals surface area contributed by atoms with Crippen LogP contribution in [0.5, 0.6) is 0 Å². The second kappa shape index (κ2) is 7.52. The van der Waals surface area contributed by atoms with Crippen molar-refractivity contribution in [3.63, 3.8) is 0 Å². The van der Waals surface area contributed by atoms with E-state index in [9.17, 15) is 14.0 Å². The Morgan fingerprint density at radius 3 is 2.50 bits per heavy atom. The van der Waals surface area contributed by atoms with Crippen LogP contribution in [0.1, 0.15) is 38.6 Å². The Bertz CT molecular complexity index is 1040. The van der Waals surface area contributed by atoms with E-state index in [0.29, 0.717) is 26.8 Å². The largest absolute Gasteiger partial charge is 0.349 e. The molecule has 2 amide bonds. The number of hydrogen-bond donors (Lipinski definition) is 2. The van der Waals surface area contributed by atoms with Crippen molar-refractivity contribution in [2.24, 2.45) is 0 Å². The fraction of sp³-hybridized carbons (Fsp3) is 0.190. The van der Waals surface area contributed by atoms with Crippen molar-refractivity contribution in [2.45, 2.75) is 25.8 Å². The van der Waals surface area contributed by atoms with E-state index in [4.69, 9.17) is 0 Å². The van der Waals surface area contributed by atoms with Gasteiger partial charge in [0, 0.05) is 11.6 Å². The highest BCUT2D eigenvalue weighted by molar-refractivity contribution is 7.17. The van der Waals surface area contributed by atoms with Crippen LogP contribution in [-0.4, -0.2) is 22.8 Å². The van der Waals surface area contributed by atoms with E-state index >= 15 is 0 Å². The van der Waals surface area contributed by atoms with E-state index in [-0.39, 0.29) is 23.7 Å². The van der Waals surface area contributed by atoms with E-state index in [2.05, 4.69) is 15.6 Å². The minimum absolute atomic E-state index is 0.188. The van der Waals surface area contributed by atoms with Gasteiger partial charge in [-0.1, -0.05) is 12.1 Å². The number of benzene rings is 2. The molecule has 2 aromatic carbocycles. The summed E-state index contributed by atoms with van der Waals surface area (Å²) in [6.45, 7) is 1.75. The highest BCUT2D eigenvalue weighted by Crippen LogP contribution is 2.29. The van der Waals surface area contributed by atoms with Gasteiger partial charge in [-0.15, -0.1) is 11.3 Å². The number of para-hydroxylation sites is 1. The fourth-order valence-corrected chi connectivity index (χ4v) is 3.75. The molecule has 142 valence electrons. The summed E-state index contributed by atoms with van der Waals surface area (Å²) in [6.07, 6.45) is 1.99. The molecule has 5 nitrogen and oxygen atoms in total. The van der Waals surface area contributed by atoms with Crippen molar-refractivity contribution >= 4 is 28.8 Å². The van der Waals surface area contributed by atoms with Crippen molar-refractivity contribution in [1.82, 2.24) is 10.3 Å². The molecule has 1 aliphatic carbocycles. The van der Waals surface area contributed by atoms with Crippen molar-refractivity contribution < 1.29 is 14.0 Å². The normalized spacial score (nSPS) is 13.2. The zero-order valence-corrected chi connectivity index (χ0v) is 16.0. The van der Waals surface area contributed by atoms with Gasteiger partial charge in [-0.2, -0.15) is 0 Å². The fourth-order valence-electron chi connectivity index (χ4n) is 2.78. The Morgan fingerprint density at radius 1 is 1.07 bits per heavy atom. The van der Waals surface area contributed by atoms with Gasteiger partial charge in [0.05, 0.1) is 16.9 Å². The third-order valence-corrected chi connectivity index (χ3v) is 5.63. The molecule has 0 saturated heterocycles. The molecule has 1 saturated carbocycles. The van der Waals surface area contributed by atoms with E-state index < -0.39 is 0 Å². The molecule has 1 heterocycles. The van der Waals surface area contributed by atoms with Crippen molar-refractivity contribution in [3.05, 3.63) is 70.5 Å². The molecule has 3 aromatic rings. The lowest BCUT2D eigenvalue weighted by Crippen LogP contribution is -2.27. The Balaban J connectivity index is 1.56. The number of nitrogens with zero attached hydrogens (tertiary/aromatic N) is 1. The molecular formula is C21H18FN3O2S. The number of aryl methyl sites for hydroxylation is 1. The zero-order chi connectivity index (χ0) is 19.7. The highest BCUT2D eigenvalue weighted by atomic mass is 32.1. The number of nitrogens with one attached hydrogen (secondary N) is 2. The van der Waals surface area contributed by atoms with Crippen LogP contribution < -0.4 is 10.6 Å². The lowest BCUT2D eigenvalue weighted by molar-refractivity contribution is 0.0952. The molecule has 1 aliphatic rings. The van der Waals surface area contributed by atoms with Crippen LogP contribution in [0.2, 0.25) is 0 Å². The van der Waals surface area contributed by atoms with E-state index in [1.165, 1.54) is 23.5 Å². The molecule has 7 heteroatoms. The first-order valence-corrected chi connectivity index (χ1v) is 9.77. The number of hydrogen-bond acceptors (Lipinski definition) is 4. The van der Waals surface area contributed by atoms with Gasteiger partial charge in [-0.25, -0.2) is 9.37 Å². The Morgan fingerprint density at radius 2 is 1.79 bits per heavy atom. The molecule has 0 atom stereocenters. The molecule has 1 aromatic heterocycles. The van der Waals surface area contributed by atoms with Gasteiger partial charge in [0.25, 0.3) is 11.8 Å². The monoisotopic (exact) mass is 395 g/mol. The van der Waals surface area contributed by atoms with Crippen LogP contribution >= 0.6 is 11.3 Å². The van der Waals surface area contributed by atoms with Crippen LogP contribution in [0.15, 0.2) is 48.5 Å². The van der Waals surface area contributed by atoms with Gasteiger partial charge >= 0.3 is 0 Å². The minimum Gasteiger partial charge on any atom is -0.349 e. The predicted molar refractivity (Wildman–Crippen MR) is 107 cm³/mol. The lowest BCUT2D eigenvalue weighted by Gasteiger charge is -2.10. The van der Waals surface area contributed by atoms with Crippen molar-refractivity contribution in [2.75, 3.05) is 5.32 Å². The second-order valence-electron chi connectivity index (χ2n) is 6.69. The summed E-state index contributed by atoms with van der Waals surface area (Å²) in [5, 5.41) is 6.40. The van der Waals surface area contributed by atoms with Gasteiger partial charge in [0.1, 0.15) is 15.7 Å². The Labute approximate surface area is 165 Å². The lowest BCUT2D eigenvalue weighted by atomic mass is 10.1. The van der Waals surface area contributed by atoms with Crippen LogP contribution in [0.25, 0.3) is 10.6 Å². The SMILES string of the molecule is Cc1nc(-c2ccc(F)cc2)sc1C(=O)Nc1ccccc1C(=O)NC1CC1. The Kier molecular flexibility index (Phi) is 4.92. The van der Waals surface area contributed by atoms with Crippen LogP contribution in [0.3, 0.4) is 0 Å². The third kappa shape index (κ3) is 3.94. The number of carbonyl (C=O) groups excluding carboxylic acids is 2. The maximum Gasteiger partial charge on any atom is 0.267 e. The molecular weight excluding hydrogens is 377 g/mol. The number of rotatable bonds is 5. The predicted octanol–water partition coefficient (Wildman–Crippen LogP) is 4.40. The van der Waals surface area contributed by atoms with Crippen molar-refractivity contribution in [3.8, 4) is 10.6 Å². The molecule has 0 spiro atoms. The first kappa shape index (κ1) is 18.3. The van der Waals surface area contributed by atoms with E-state index in [0.717, 1.165) is 18.4 Å². The van der Waals surface area contributed by atoms with E-state index in [1.54, 1.807) is 43.3 Å². The summed E-state index contributed by atoms with van der Waals surface area (Å²) >= 11 is 1.23. The molecule has 4 rings (SSSR count). The average Bonchev–Trinajstić information content (AvgIpc) is 3.41. The van der Waals surface area contributed by atoms with Gasteiger partial charge in [-0.3, -0.25) is 9.59 Å². The summed E-state index contributed by atoms with van der Waals surface area (Å²) in [6, 6.07) is 13.2. The van der Waals surface area contributed by atoms with Crippen LogP contribution in [0, 0.1) is 12.7 Å². The number of aromatic nitrogens is 1. The van der Waals surface area contributed by atoms with Gasteiger partial charge in [0.2, 0.25) is 0 Å². The number of thiazole rings is 1.